The van der Waals surface area contributed by atoms with E-state index in [4.69, 9.17) is 0 Å². The van der Waals surface area contributed by atoms with Crippen molar-refractivity contribution < 1.29 is 5.11 Å². The standard InChI is InChI=1S/C17H32N2O/c20-13-17(9-2-1-3-10-17)12-19-16-7-4-6-14(16)15-8-5-11-18-15/h14-16,18-20H,1-13H2. The summed E-state index contributed by atoms with van der Waals surface area (Å²) in [6, 6.07) is 1.45. The van der Waals surface area contributed by atoms with Gasteiger partial charge in [-0.25, -0.2) is 0 Å². The van der Waals surface area contributed by atoms with Gasteiger partial charge >= 0.3 is 0 Å². The van der Waals surface area contributed by atoms with Crippen LogP contribution in [-0.2, 0) is 0 Å². The minimum Gasteiger partial charge on any atom is -0.396 e. The lowest BCUT2D eigenvalue weighted by Crippen LogP contribution is -2.47. The van der Waals surface area contributed by atoms with Crippen LogP contribution in [0.15, 0.2) is 0 Å². The zero-order chi connectivity index (χ0) is 13.8. The van der Waals surface area contributed by atoms with Crippen LogP contribution < -0.4 is 10.6 Å². The summed E-state index contributed by atoms with van der Waals surface area (Å²) < 4.78 is 0. The van der Waals surface area contributed by atoms with Gasteiger partial charge in [0, 0.05) is 30.7 Å². The minimum absolute atomic E-state index is 0.189. The van der Waals surface area contributed by atoms with E-state index in [-0.39, 0.29) is 5.41 Å². The van der Waals surface area contributed by atoms with Gasteiger partial charge in [-0.15, -0.1) is 0 Å². The Kier molecular flexibility index (Phi) is 5.00. The van der Waals surface area contributed by atoms with Crippen LogP contribution in [0.4, 0.5) is 0 Å². The maximum absolute atomic E-state index is 9.84. The summed E-state index contributed by atoms with van der Waals surface area (Å²) in [6.45, 7) is 2.63. The number of nitrogens with one attached hydrogen (secondary N) is 2. The van der Waals surface area contributed by atoms with E-state index in [1.165, 1.54) is 70.8 Å². The topological polar surface area (TPSA) is 44.3 Å². The molecule has 3 fully saturated rings. The van der Waals surface area contributed by atoms with Crippen molar-refractivity contribution in [1.29, 1.82) is 0 Å². The first-order chi connectivity index (χ1) is 9.83. The largest absolute Gasteiger partial charge is 0.396 e. The quantitative estimate of drug-likeness (QED) is 0.725. The number of aliphatic hydroxyl groups is 1. The number of aliphatic hydroxyl groups excluding tert-OH is 1. The summed E-state index contributed by atoms with van der Waals surface area (Å²) in [5, 5.41) is 17.4. The zero-order valence-electron chi connectivity index (χ0n) is 12.9. The second kappa shape index (κ2) is 6.76. The van der Waals surface area contributed by atoms with Crippen molar-refractivity contribution in [1.82, 2.24) is 10.6 Å². The third kappa shape index (κ3) is 3.20. The maximum atomic E-state index is 9.84. The van der Waals surface area contributed by atoms with E-state index in [0.29, 0.717) is 12.6 Å². The van der Waals surface area contributed by atoms with Gasteiger partial charge in [0.25, 0.3) is 0 Å². The van der Waals surface area contributed by atoms with Crippen molar-refractivity contribution in [2.45, 2.75) is 76.3 Å². The van der Waals surface area contributed by atoms with E-state index in [1.54, 1.807) is 0 Å². The normalized spacial score (nSPS) is 37.4. The van der Waals surface area contributed by atoms with Crippen molar-refractivity contribution in [2.24, 2.45) is 11.3 Å². The molecule has 2 aliphatic carbocycles. The average Bonchev–Trinajstić information content (AvgIpc) is 3.16. The van der Waals surface area contributed by atoms with E-state index in [2.05, 4.69) is 10.6 Å². The first-order valence-electron chi connectivity index (χ1n) is 8.91. The molecule has 3 rings (SSSR count). The predicted molar refractivity (Wildman–Crippen MR) is 82.8 cm³/mol. The highest BCUT2D eigenvalue weighted by molar-refractivity contribution is 4.95. The Hall–Kier alpha value is -0.120. The first-order valence-corrected chi connectivity index (χ1v) is 8.91. The van der Waals surface area contributed by atoms with Crippen LogP contribution in [0.3, 0.4) is 0 Å². The van der Waals surface area contributed by atoms with Gasteiger partial charge in [-0.1, -0.05) is 25.7 Å². The molecule has 3 N–H and O–H groups in total. The molecule has 20 heavy (non-hydrogen) atoms. The molecule has 0 spiro atoms. The van der Waals surface area contributed by atoms with Crippen molar-refractivity contribution >= 4 is 0 Å². The lowest BCUT2D eigenvalue weighted by molar-refractivity contribution is 0.0758. The van der Waals surface area contributed by atoms with Crippen LogP contribution in [0.1, 0.15) is 64.2 Å². The number of hydrogen-bond donors (Lipinski definition) is 3. The molecule has 3 aliphatic rings. The fourth-order valence-corrected chi connectivity index (χ4v) is 4.84. The molecule has 0 aromatic rings. The van der Waals surface area contributed by atoms with Crippen molar-refractivity contribution in [2.75, 3.05) is 19.7 Å². The Morgan fingerprint density at radius 1 is 1.00 bits per heavy atom. The fourth-order valence-electron chi connectivity index (χ4n) is 4.84. The maximum Gasteiger partial charge on any atom is 0.0499 e. The van der Waals surface area contributed by atoms with E-state index >= 15 is 0 Å². The Morgan fingerprint density at radius 3 is 2.55 bits per heavy atom. The lowest BCUT2D eigenvalue weighted by atomic mass is 9.74. The molecule has 3 nitrogen and oxygen atoms in total. The van der Waals surface area contributed by atoms with Crippen LogP contribution >= 0.6 is 0 Å². The van der Waals surface area contributed by atoms with Gasteiger partial charge in [0.05, 0.1) is 0 Å². The summed E-state index contributed by atoms with van der Waals surface area (Å²) in [5.74, 6) is 0.830. The van der Waals surface area contributed by atoms with Crippen LogP contribution in [0, 0.1) is 11.3 Å². The van der Waals surface area contributed by atoms with Gasteiger partial charge in [-0.3, -0.25) is 0 Å². The number of rotatable bonds is 5. The van der Waals surface area contributed by atoms with E-state index < -0.39 is 0 Å². The van der Waals surface area contributed by atoms with Gasteiger partial charge in [-0.05, 0) is 51.0 Å². The van der Waals surface area contributed by atoms with Gasteiger partial charge in [-0.2, -0.15) is 0 Å². The predicted octanol–water partition coefficient (Wildman–Crippen LogP) is 2.44. The Balaban J connectivity index is 1.53. The van der Waals surface area contributed by atoms with Gasteiger partial charge in [0.2, 0.25) is 0 Å². The Bertz CT molecular complexity index is 295. The molecule has 0 aromatic heterocycles. The molecule has 0 amide bonds. The van der Waals surface area contributed by atoms with Crippen LogP contribution in [0.5, 0.6) is 0 Å². The fraction of sp³-hybridized carbons (Fsp3) is 1.00. The van der Waals surface area contributed by atoms with Crippen molar-refractivity contribution in [3.8, 4) is 0 Å². The summed E-state index contributed by atoms with van der Waals surface area (Å²) >= 11 is 0. The van der Waals surface area contributed by atoms with Gasteiger partial charge < -0.3 is 15.7 Å². The molecular weight excluding hydrogens is 248 g/mol. The highest BCUT2D eigenvalue weighted by atomic mass is 16.3. The van der Waals surface area contributed by atoms with Crippen molar-refractivity contribution in [3.63, 3.8) is 0 Å². The van der Waals surface area contributed by atoms with E-state index in [1.807, 2.05) is 0 Å². The highest BCUT2D eigenvalue weighted by Gasteiger charge is 2.37. The third-order valence-electron chi connectivity index (χ3n) is 6.17. The zero-order valence-corrected chi connectivity index (χ0v) is 12.9. The van der Waals surface area contributed by atoms with Gasteiger partial charge in [0.1, 0.15) is 0 Å². The molecule has 116 valence electrons. The summed E-state index contributed by atoms with van der Waals surface area (Å²) in [5.41, 5.74) is 0.189. The van der Waals surface area contributed by atoms with E-state index in [0.717, 1.165) is 18.5 Å². The Labute approximate surface area is 123 Å². The van der Waals surface area contributed by atoms with Crippen LogP contribution in [-0.4, -0.2) is 36.9 Å². The van der Waals surface area contributed by atoms with Crippen LogP contribution in [0.2, 0.25) is 0 Å². The molecule has 1 aliphatic heterocycles. The molecule has 3 heteroatoms. The average molecular weight is 280 g/mol. The van der Waals surface area contributed by atoms with E-state index in [9.17, 15) is 5.11 Å². The second-order valence-corrected chi connectivity index (χ2v) is 7.50. The Morgan fingerprint density at radius 2 is 1.85 bits per heavy atom. The lowest BCUT2D eigenvalue weighted by Gasteiger charge is -2.38. The molecule has 2 saturated carbocycles. The summed E-state index contributed by atoms with van der Waals surface area (Å²) in [4.78, 5) is 0. The highest BCUT2D eigenvalue weighted by Crippen LogP contribution is 2.37. The monoisotopic (exact) mass is 280 g/mol. The number of hydrogen-bond acceptors (Lipinski definition) is 3. The molecule has 0 bridgehead atoms. The minimum atomic E-state index is 0.189. The molecular formula is C17H32N2O. The molecule has 3 atom stereocenters. The third-order valence-corrected chi connectivity index (χ3v) is 6.17. The first kappa shape index (κ1) is 14.8. The molecule has 0 radical (unpaired) electrons. The molecule has 3 unspecified atom stereocenters. The van der Waals surface area contributed by atoms with Gasteiger partial charge in [0.15, 0.2) is 0 Å². The molecule has 1 saturated heterocycles. The summed E-state index contributed by atoms with van der Waals surface area (Å²) in [7, 11) is 0. The SMILES string of the molecule is OCC1(CNC2CCCC2C2CCCN2)CCCCC1. The van der Waals surface area contributed by atoms with Crippen LogP contribution in [0.25, 0.3) is 0 Å². The summed E-state index contributed by atoms with van der Waals surface area (Å²) in [6.07, 6.45) is 13.2. The smallest absolute Gasteiger partial charge is 0.0499 e. The molecule has 1 heterocycles. The van der Waals surface area contributed by atoms with Crippen molar-refractivity contribution in [3.05, 3.63) is 0 Å². The molecule has 0 aromatic carbocycles. The second-order valence-electron chi connectivity index (χ2n) is 7.50.